The minimum atomic E-state index is -1.99. The summed E-state index contributed by atoms with van der Waals surface area (Å²) in [5, 5.41) is 226. The van der Waals surface area contributed by atoms with E-state index in [-0.39, 0.29) is 42.3 Å². The Labute approximate surface area is 578 Å². The first-order valence-electron chi connectivity index (χ1n) is 34.9. The molecule has 3 unspecified atom stereocenters. The highest BCUT2D eigenvalue weighted by Crippen LogP contribution is 2.74. The van der Waals surface area contributed by atoms with Crippen LogP contribution in [-0.4, -0.2) is 355 Å². The van der Waals surface area contributed by atoms with Crippen LogP contribution in [0.15, 0.2) is 11.6 Å². The van der Waals surface area contributed by atoms with Crippen LogP contribution in [0.4, 0.5) is 0 Å². The monoisotopic (exact) mass is 1450 g/mol. The molecular formula is C66H110O34. The number of fused-ring (bicyclic) bond motifs is 5. The zero-order valence-electron chi connectivity index (χ0n) is 57.5. The lowest BCUT2D eigenvalue weighted by molar-refractivity contribution is -0.380. The second-order valence-electron chi connectivity index (χ2n) is 31.3. The number of allylic oxidation sites excluding steroid dienone is 1. The molecule has 6 saturated heterocycles. The van der Waals surface area contributed by atoms with Gasteiger partial charge in [0.05, 0.1) is 57.5 Å². The standard InChI is InChI=1S/C66H110O34/c1-24(9-13-37(63(4,5)88)98-61-55(100-59-53(87)47(81)41(75)31(21-70)94-59)49(83)43(77)33(96-61)23-90-57-51(85)45(79)39(73)29(19-68)92-57)25-15-16-64(6)34-12-10-26-27(66(34,8)35(71)17-65(25,64)7)11-14-36(62(26,2)3)97-60-54(99-58-52(86)46(80)40(74)30(20-69)93-58)48(82)42(76)32(95-60)22-89-56-50(84)44(78)38(72)28(18-67)91-56/h10,24-25,27-34,36-61,67-70,72-88H,9,11-23H2,1-8H3/t24-,25?,27?,28-,29-,30-,31-,32-,33-,34?,36+,37-,38-,39-,40-,41-,42-,43-,44+,45+,46+,47+,48+,49+,50-,51-,52-,53-,54-,55-,56-,57-,58+,59+,60+,61+,64+,65-,66+/m1/s1. The molecular weight excluding hydrogens is 1340 g/mol. The smallest absolute Gasteiger partial charge is 0.187 e. The van der Waals surface area contributed by atoms with Crippen LogP contribution in [0.25, 0.3) is 0 Å². The largest absolute Gasteiger partial charge is 0.394 e. The van der Waals surface area contributed by atoms with E-state index in [0.29, 0.717) is 25.7 Å². The predicted molar refractivity (Wildman–Crippen MR) is 332 cm³/mol. The van der Waals surface area contributed by atoms with Crippen LogP contribution < -0.4 is 0 Å². The number of aliphatic hydroxyl groups is 21. The van der Waals surface area contributed by atoms with Gasteiger partial charge in [-0.15, -0.1) is 0 Å². The van der Waals surface area contributed by atoms with Crippen molar-refractivity contribution in [3.8, 4) is 0 Å². The zero-order valence-corrected chi connectivity index (χ0v) is 57.5. The molecule has 21 N–H and O–H groups in total. The summed E-state index contributed by atoms with van der Waals surface area (Å²) in [6, 6.07) is 0. The van der Waals surface area contributed by atoms with Crippen LogP contribution in [0.3, 0.4) is 0 Å². The summed E-state index contributed by atoms with van der Waals surface area (Å²) in [5.74, 6) is -0.546. The van der Waals surface area contributed by atoms with Crippen molar-refractivity contribution in [2.45, 2.75) is 309 Å². The van der Waals surface area contributed by atoms with Crippen molar-refractivity contribution in [1.29, 1.82) is 0 Å². The molecule has 34 heteroatoms. The van der Waals surface area contributed by atoms with Crippen molar-refractivity contribution in [2.24, 2.45) is 45.3 Å². The van der Waals surface area contributed by atoms with Gasteiger partial charge in [-0.25, -0.2) is 0 Å². The molecule has 100 heavy (non-hydrogen) atoms. The van der Waals surface area contributed by atoms with Crippen molar-refractivity contribution >= 4 is 5.78 Å². The van der Waals surface area contributed by atoms with Gasteiger partial charge in [0.2, 0.25) is 0 Å². The molecule has 0 amide bonds. The number of carbonyl (C=O) groups is 1. The summed E-state index contributed by atoms with van der Waals surface area (Å²) in [5.41, 5.74) is -3.50. The number of hydrogen-bond donors (Lipinski definition) is 21. The molecule has 34 nitrogen and oxygen atoms in total. The number of ether oxygens (including phenoxy) is 12. The van der Waals surface area contributed by atoms with Crippen LogP contribution in [0.5, 0.6) is 0 Å². The summed E-state index contributed by atoms with van der Waals surface area (Å²) in [4.78, 5) is 15.6. The van der Waals surface area contributed by atoms with Gasteiger partial charge >= 0.3 is 0 Å². The lowest BCUT2D eigenvalue weighted by atomic mass is 9.38. The maximum absolute atomic E-state index is 15.6. The third-order valence-corrected chi connectivity index (χ3v) is 24.7. The lowest BCUT2D eigenvalue weighted by Crippen LogP contribution is -2.66. The van der Waals surface area contributed by atoms with Crippen molar-refractivity contribution in [3.05, 3.63) is 11.6 Å². The average molecular weight is 1450 g/mol. The summed E-state index contributed by atoms with van der Waals surface area (Å²) in [6.07, 6.45) is -48.7. The molecule has 0 aromatic carbocycles. The molecule has 4 aliphatic carbocycles. The molecule has 39 atom stereocenters. The highest BCUT2D eigenvalue weighted by atomic mass is 16.8. The van der Waals surface area contributed by atoms with E-state index in [9.17, 15) is 107 Å². The fraction of sp³-hybridized carbons (Fsp3) is 0.955. The van der Waals surface area contributed by atoms with E-state index >= 15 is 4.79 Å². The average Bonchev–Trinajstić information content (AvgIpc) is 1.33. The van der Waals surface area contributed by atoms with E-state index in [2.05, 4.69) is 33.8 Å². The Morgan fingerprint density at radius 2 is 0.880 bits per heavy atom. The first-order chi connectivity index (χ1) is 46.9. The molecule has 0 bridgehead atoms. The van der Waals surface area contributed by atoms with Crippen molar-refractivity contribution in [3.63, 3.8) is 0 Å². The highest BCUT2D eigenvalue weighted by Gasteiger charge is 2.71. The summed E-state index contributed by atoms with van der Waals surface area (Å²) in [7, 11) is 0. The predicted octanol–water partition coefficient (Wildman–Crippen LogP) is -7.38. The Hall–Kier alpha value is -1.91. The topological polar surface area (TPSA) is 553 Å². The Morgan fingerprint density at radius 1 is 0.480 bits per heavy atom. The van der Waals surface area contributed by atoms with Gasteiger partial charge < -0.3 is 164 Å². The molecule has 0 radical (unpaired) electrons. The molecule has 10 aliphatic rings. The fourth-order valence-electron chi connectivity index (χ4n) is 18.2. The Morgan fingerprint density at radius 3 is 1.32 bits per heavy atom. The first kappa shape index (κ1) is 80.6. The normalized spacial score (nSPS) is 51.3. The highest BCUT2D eigenvalue weighted by molar-refractivity contribution is 5.88. The number of carbonyl (C=O) groups excluding carboxylic acids is 1. The van der Waals surface area contributed by atoms with E-state index in [1.54, 1.807) is 0 Å². The third kappa shape index (κ3) is 14.7. The molecule has 0 aromatic rings. The maximum atomic E-state index is 15.6. The summed E-state index contributed by atoms with van der Waals surface area (Å²) in [6.45, 7) is 10.9. The number of ketones is 1. The molecule has 578 valence electrons. The molecule has 10 rings (SSSR count). The van der Waals surface area contributed by atoms with Gasteiger partial charge in [-0.3, -0.25) is 4.79 Å². The lowest BCUT2D eigenvalue weighted by Gasteiger charge is -2.65. The Bertz CT molecular complexity index is 2720. The minimum Gasteiger partial charge on any atom is -0.394 e. The number of rotatable bonds is 23. The molecule has 3 saturated carbocycles. The SMILES string of the molecule is C[C@H](CC[C@@H](O[C@@H]1O[C@H](CO[C@@H]2O[C@H](CO)[C@@H](O)[C@H](O)[C@H]2O)[C@@H](O)[C@H](O)[C@H]1O[C@@H]1O[C@H](CO)[C@@H](O)[C@H](O)[C@H]1O)C(C)(C)O)C1CC[C@@]2(C)C3CC=C4C(CC[C@H](O[C@@H]5O[C@H](CO[C@@H]6O[C@H](CO)[C@@H](O)[C@H](O)[C@H]6O)[C@@H](O)[C@H](O)[C@H]5O[C@@H]5O[C@H](CO)[C@@H](O)[C@H](O)[C@H]5O)C4(C)C)[C@]3(C)C(=O)C[C@]12C. The van der Waals surface area contributed by atoms with E-state index in [1.807, 2.05) is 13.8 Å². The quantitative estimate of drug-likeness (QED) is 0.0423. The molecule has 0 aromatic heterocycles. The van der Waals surface area contributed by atoms with Crippen molar-refractivity contribution < 1.29 is 169 Å². The van der Waals surface area contributed by atoms with Gasteiger partial charge in [0.25, 0.3) is 0 Å². The Kier molecular flexibility index (Phi) is 25.3. The molecule has 6 heterocycles. The third-order valence-electron chi connectivity index (χ3n) is 24.7. The van der Waals surface area contributed by atoms with E-state index in [4.69, 9.17) is 56.8 Å². The van der Waals surface area contributed by atoms with Gasteiger partial charge in [0.15, 0.2) is 37.7 Å². The number of Topliss-reactive ketones (excluding diaryl/α,β-unsaturated/α-hetero) is 1. The summed E-state index contributed by atoms with van der Waals surface area (Å²) >= 11 is 0. The van der Waals surface area contributed by atoms with E-state index in [1.165, 1.54) is 13.8 Å². The van der Waals surface area contributed by atoms with Gasteiger partial charge in [0, 0.05) is 17.3 Å². The Balaban J connectivity index is 0.853. The second-order valence-corrected chi connectivity index (χ2v) is 31.3. The molecule has 0 spiro atoms. The van der Waals surface area contributed by atoms with E-state index < -0.39 is 263 Å². The van der Waals surface area contributed by atoms with Crippen LogP contribution >= 0.6 is 0 Å². The molecule has 9 fully saturated rings. The minimum absolute atomic E-state index is 0.0533. The van der Waals surface area contributed by atoms with Gasteiger partial charge in [-0.05, 0) is 93.3 Å². The first-order valence-corrected chi connectivity index (χ1v) is 34.9. The number of aliphatic hydroxyl groups excluding tert-OH is 20. The van der Waals surface area contributed by atoms with E-state index in [0.717, 1.165) is 18.4 Å². The zero-order chi connectivity index (χ0) is 73.5. The van der Waals surface area contributed by atoms with Crippen LogP contribution in [0.1, 0.15) is 107 Å². The maximum Gasteiger partial charge on any atom is 0.187 e. The fourth-order valence-corrected chi connectivity index (χ4v) is 18.2. The van der Waals surface area contributed by atoms with Gasteiger partial charge in [-0.2, -0.15) is 0 Å². The molecule has 6 aliphatic heterocycles. The van der Waals surface area contributed by atoms with Gasteiger partial charge in [-0.1, -0.05) is 53.2 Å². The van der Waals surface area contributed by atoms with Crippen LogP contribution in [0, 0.1) is 45.3 Å². The summed E-state index contributed by atoms with van der Waals surface area (Å²) < 4.78 is 71.8. The van der Waals surface area contributed by atoms with Gasteiger partial charge in [0.1, 0.15) is 152 Å². The van der Waals surface area contributed by atoms with Crippen molar-refractivity contribution in [2.75, 3.05) is 39.6 Å². The number of hydrogen-bond acceptors (Lipinski definition) is 34. The second kappa shape index (κ2) is 31.4. The van der Waals surface area contributed by atoms with Crippen LogP contribution in [0.2, 0.25) is 0 Å². The van der Waals surface area contributed by atoms with Crippen molar-refractivity contribution in [1.82, 2.24) is 0 Å². The van der Waals surface area contributed by atoms with Crippen LogP contribution in [-0.2, 0) is 61.6 Å².